The Labute approximate surface area is 115 Å². The maximum absolute atomic E-state index is 11.3. The molecule has 104 valence electrons. The van der Waals surface area contributed by atoms with E-state index in [1.165, 1.54) is 0 Å². The first-order chi connectivity index (χ1) is 9.16. The normalized spacial score (nSPS) is 18.1. The van der Waals surface area contributed by atoms with Crippen molar-refractivity contribution in [1.29, 1.82) is 0 Å². The quantitative estimate of drug-likeness (QED) is 0.826. The van der Waals surface area contributed by atoms with Crippen molar-refractivity contribution in [3.8, 4) is 5.75 Å². The van der Waals surface area contributed by atoms with Gasteiger partial charge < -0.3 is 9.64 Å². The zero-order valence-electron chi connectivity index (χ0n) is 11.7. The molecule has 1 aromatic carbocycles. The van der Waals surface area contributed by atoms with Gasteiger partial charge in [0.1, 0.15) is 12.4 Å². The first kappa shape index (κ1) is 13.9. The average Bonchev–Trinajstić information content (AvgIpc) is 2.46. The largest absolute Gasteiger partial charge is 0.492 e. The van der Waals surface area contributed by atoms with E-state index in [1.54, 1.807) is 6.92 Å². The Morgan fingerprint density at radius 2 is 1.84 bits per heavy atom. The summed E-state index contributed by atoms with van der Waals surface area (Å²) in [6, 6.07) is 10.3. The predicted octanol–water partition coefficient (Wildman–Crippen LogP) is 1.62. The van der Waals surface area contributed by atoms with Crippen LogP contribution in [0.5, 0.6) is 5.75 Å². The minimum absolute atomic E-state index is 0.174. The van der Waals surface area contributed by atoms with Gasteiger partial charge in [0.15, 0.2) is 0 Å². The molecule has 1 fully saturated rings. The van der Waals surface area contributed by atoms with E-state index in [-0.39, 0.29) is 5.91 Å². The molecule has 0 saturated carbocycles. The molecule has 4 nitrogen and oxygen atoms in total. The van der Waals surface area contributed by atoms with Crippen LogP contribution in [0.4, 0.5) is 0 Å². The minimum Gasteiger partial charge on any atom is -0.492 e. The number of rotatable bonds is 4. The van der Waals surface area contributed by atoms with Crippen LogP contribution in [-0.2, 0) is 4.79 Å². The summed E-state index contributed by atoms with van der Waals surface area (Å²) in [7, 11) is 0. The van der Waals surface area contributed by atoms with E-state index >= 15 is 0 Å². The van der Waals surface area contributed by atoms with E-state index in [4.69, 9.17) is 4.74 Å². The maximum atomic E-state index is 11.3. The molecule has 1 amide bonds. The fourth-order valence-corrected chi connectivity index (χ4v) is 2.32. The highest BCUT2D eigenvalue weighted by Gasteiger charge is 2.22. The number of para-hydroxylation sites is 1. The van der Waals surface area contributed by atoms with E-state index in [2.05, 4.69) is 11.8 Å². The van der Waals surface area contributed by atoms with Crippen LogP contribution < -0.4 is 4.74 Å². The smallest absolute Gasteiger partial charge is 0.219 e. The van der Waals surface area contributed by atoms with Crippen LogP contribution >= 0.6 is 0 Å². The SMILES string of the molecule is CC(=O)N1CCN(C(C)COc2ccccc2)CC1. The number of amides is 1. The molecule has 0 N–H and O–H groups in total. The molecule has 4 heteroatoms. The third-order valence-corrected chi connectivity index (χ3v) is 3.62. The van der Waals surface area contributed by atoms with E-state index in [0.717, 1.165) is 31.9 Å². The molecule has 1 heterocycles. The summed E-state index contributed by atoms with van der Waals surface area (Å²) < 4.78 is 5.77. The molecule has 19 heavy (non-hydrogen) atoms. The molecule has 0 aromatic heterocycles. The second-order valence-electron chi connectivity index (χ2n) is 5.02. The second kappa shape index (κ2) is 6.57. The predicted molar refractivity (Wildman–Crippen MR) is 75.2 cm³/mol. The number of ether oxygens (including phenoxy) is 1. The van der Waals surface area contributed by atoms with Crippen LogP contribution in [0.1, 0.15) is 13.8 Å². The summed E-state index contributed by atoms with van der Waals surface area (Å²) in [6.45, 7) is 8.00. The number of hydrogen-bond acceptors (Lipinski definition) is 3. The summed E-state index contributed by atoms with van der Waals surface area (Å²) in [6.07, 6.45) is 0. The van der Waals surface area contributed by atoms with Crippen molar-refractivity contribution in [2.75, 3.05) is 32.8 Å². The number of carbonyl (C=O) groups is 1. The van der Waals surface area contributed by atoms with Crippen LogP contribution in [0.2, 0.25) is 0 Å². The lowest BCUT2D eigenvalue weighted by Gasteiger charge is -2.37. The van der Waals surface area contributed by atoms with Gasteiger partial charge in [-0.05, 0) is 19.1 Å². The van der Waals surface area contributed by atoms with E-state index in [9.17, 15) is 4.79 Å². The Morgan fingerprint density at radius 1 is 1.21 bits per heavy atom. The van der Waals surface area contributed by atoms with Crippen molar-refractivity contribution in [3.63, 3.8) is 0 Å². The molecule has 1 aliphatic rings. The average molecular weight is 262 g/mol. The monoisotopic (exact) mass is 262 g/mol. The highest BCUT2D eigenvalue weighted by Crippen LogP contribution is 2.11. The van der Waals surface area contributed by atoms with Crippen LogP contribution in [0, 0.1) is 0 Å². The molecule has 1 unspecified atom stereocenters. The van der Waals surface area contributed by atoms with Crippen molar-refractivity contribution in [1.82, 2.24) is 9.80 Å². The summed E-state index contributed by atoms with van der Waals surface area (Å²) in [5.74, 6) is 1.09. The van der Waals surface area contributed by atoms with Crippen molar-refractivity contribution < 1.29 is 9.53 Å². The number of carbonyl (C=O) groups excluding carboxylic acids is 1. The van der Waals surface area contributed by atoms with Crippen LogP contribution in [0.15, 0.2) is 30.3 Å². The summed E-state index contributed by atoms with van der Waals surface area (Å²) in [4.78, 5) is 15.6. The lowest BCUT2D eigenvalue weighted by molar-refractivity contribution is -0.130. The van der Waals surface area contributed by atoms with Gasteiger partial charge in [0.05, 0.1) is 0 Å². The molecule has 1 aliphatic heterocycles. The van der Waals surface area contributed by atoms with E-state index < -0.39 is 0 Å². The van der Waals surface area contributed by atoms with Crippen molar-refractivity contribution in [2.24, 2.45) is 0 Å². The number of piperazine rings is 1. The van der Waals surface area contributed by atoms with Crippen molar-refractivity contribution >= 4 is 5.91 Å². The van der Waals surface area contributed by atoms with Gasteiger partial charge in [-0.3, -0.25) is 9.69 Å². The van der Waals surface area contributed by atoms with Gasteiger partial charge in [0, 0.05) is 39.1 Å². The van der Waals surface area contributed by atoms with Crippen LogP contribution in [0.3, 0.4) is 0 Å². The molecule has 0 aliphatic carbocycles. The number of nitrogens with zero attached hydrogens (tertiary/aromatic N) is 2. The molecule has 0 bridgehead atoms. The Bertz CT molecular complexity index is 400. The molecule has 1 saturated heterocycles. The van der Waals surface area contributed by atoms with E-state index in [0.29, 0.717) is 12.6 Å². The summed E-state index contributed by atoms with van der Waals surface area (Å²) >= 11 is 0. The fourth-order valence-electron chi connectivity index (χ4n) is 2.32. The van der Waals surface area contributed by atoms with Crippen molar-refractivity contribution in [2.45, 2.75) is 19.9 Å². The second-order valence-corrected chi connectivity index (χ2v) is 5.02. The molecular formula is C15H22N2O2. The number of hydrogen-bond donors (Lipinski definition) is 0. The third kappa shape index (κ3) is 3.96. The van der Waals surface area contributed by atoms with Gasteiger partial charge >= 0.3 is 0 Å². The summed E-state index contributed by atoms with van der Waals surface area (Å²) in [5, 5.41) is 0. The highest BCUT2D eigenvalue weighted by atomic mass is 16.5. The zero-order chi connectivity index (χ0) is 13.7. The van der Waals surface area contributed by atoms with E-state index in [1.807, 2.05) is 35.2 Å². The van der Waals surface area contributed by atoms with Crippen LogP contribution in [-0.4, -0.2) is 54.5 Å². The Morgan fingerprint density at radius 3 is 2.42 bits per heavy atom. The highest BCUT2D eigenvalue weighted by molar-refractivity contribution is 5.73. The fraction of sp³-hybridized carbons (Fsp3) is 0.533. The van der Waals surface area contributed by atoms with Gasteiger partial charge in [-0.2, -0.15) is 0 Å². The maximum Gasteiger partial charge on any atom is 0.219 e. The van der Waals surface area contributed by atoms with Crippen LogP contribution in [0.25, 0.3) is 0 Å². The minimum atomic E-state index is 0.174. The van der Waals surface area contributed by atoms with Gasteiger partial charge in [-0.15, -0.1) is 0 Å². The Balaban J connectivity index is 1.75. The molecule has 1 atom stereocenters. The molecule has 1 aromatic rings. The summed E-state index contributed by atoms with van der Waals surface area (Å²) in [5.41, 5.74) is 0. The number of benzene rings is 1. The topological polar surface area (TPSA) is 32.8 Å². The molecule has 0 spiro atoms. The lowest BCUT2D eigenvalue weighted by Crippen LogP contribution is -2.52. The zero-order valence-corrected chi connectivity index (χ0v) is 11.7. The Hall–Kier alpha value is -1.55. The van der Waals surface area contributed by atoms with Gasteiger partial charge in [-0.1, -0.05) is 18.2 Å². The standard InChI is InChI=1S/C15H22N2O2/c1-13(12-19-15-6-4-3-5-7-15)16-8-10-17(11-9-16)14(2)18/h3-7,13H,8-12H2,1-2H3. The van der Waals surface area contributed by atoms with Gasteiger partial charge in [0.25, 0.3) is 0 Å². The molecule has 0 radical (unpaired) electrons. The third-order valence-electron chi connectivity index (χ3n) is 3.62. The first-order valence-electron chi connectivity index (χ1n) is 6.84. The lowest BCUT2D eigenvalue weighted by atomic mass is 10.2. The molecular weight excluding hydrogens is 240 g/mol. The Kier molecular flexibility index (Phi) is 4.80. The van der Waals surface area contributed by atoms with Crippen molar-refractivity contribution in [3.05, 3.63) is 30.3 Å². The first-order valence-corrected chi connectivity index (χ1v) is 6.84. The molecule has 2 rings (SSSR count). The van der Waals surface area contributed by atoms with Gasteiger partial charge in [0.2, 0.25) is 5.91 Å². The van der Waals surface area contributed by atoms with Gasteiger partial charge in [-0.25, -0.2) is 0 Å².